The van der Waals surface area contributed by atoms with Gasteiger partial charge in [0.1, 0.15) is 12.4 Å². The Morgan fingerprint density at radius 1 is 1.14 bits per heavy atom. The number of amides is 2. The first-order valence-corrected chi connectivity index (χ1v) is 10.1. The second kappa shape index (κ2) is 9.54. The summed E-state index contributed by atoms with van der Waals surface area (Å²) >= 11 is 7.40. The first-order valence-electron chi connectivity index (χ1n) is 8.85. The van der Waals surface area contributed by atoms with Crippen LogP contribution in [-0.2, 0) is 11.4 Å². The van der Waals surface area contributed by atoms with Crippen molar-refractivity contribution in [3.63, 3.8) is 0 Å². The highest BCUT2D eigenvalue weighted by Gasteiger charge is 2.15. The molecule has 1 aromatic heterocycles. The van der Waals surface area contributed by atoms with Crippen molar-refractivity contribution in [2.45, 2.75) is 13.5 Å². The van der Waals surface area contributed by atoms with Gasteiger partial charge in [0.25, 0.3) is 5.91 Å². The molecule has 1 N–H and O–H groups in total. The van der Waals surface area contributed by atoms with Gasteiger partial charge in [-0.1, -0.05) is 11.6 Å². The largest absolute Gasteiger partial charge is 0.487 e. The topological polar surface area (TPSA) is 71.5 Å². The number of ether oxygens (including phenoxy) is 1. The third kappa shape index (κ3) is 6.04. The second-order valence-electron chi connectivity index (χ2n) is 6.39. The van der Waals surface area contributed by atoms with Gasteiger partial charge in [-0.25, -0.2) is 4.98 Å². The maximum absolute atomic E-state index is 12.5. The van der Waals surface area contributed by atoms with Gasteiger partial charge in [-0.15, -0.1) is 11.3 Å². The molecule has 0 saturated carbocycles. The summed E-state index contributed by atoms with van der Waals surface area (Å²) in [6.45, 7) is 2.26. The smallest absolute Gasteiger partial charge is 0.254 e. The first-order chi connectivity index (χ1) is 13.9. The third-order valence-corrected chi connectivity index (χ3v) is 5.08. The molecular weight excluding hydrogens is 410 g/mol. The minimum absolute atomic E-state index is 0.0666. The molecule has 0 saturated heterocycles. The maximum Gasteiger partial charge on any atom is 0.254 e. The Balaban J connectivity index is 1.51. The Kier molecular flexibility index (Phi) is 6.85. The van der Waals surface area contributed by atoms with Crippen molar-refractivity contribution in [2.75, 3.05) is 18.9 Å². The Hall–Kier alpha value is -2.90. The van der Waals surface area contributed by atoms with E-state index in [0.29, 0.717) is 28.6 Å². The molecule has 0 aliphatic heterocycles. The van der Waals surface area contributed by atoms with E-state index in [1.807, 2.05) is 12.3 Å². The Labute approximate surface area is 178 Å². The first kappa shape index (κ1) is 20.8. The highest BCUT2D eigenvalue weighted by atomic mass is 35.5. The van der Waals surface area contributed by atoms with Gasteiger partial charge in [-0.05, 0) is 55.5 Å². The minimum Gasteiger partial charge on any atom is -0.487 e. The molecule has 3 aromatic rings. The average molecular weight is 430 g/mol. The number of thiazole rings is 1. The highest BCUT2D eigenvalue weighted by Crippen LogP contribution is 2.17. The number of rotatable bonds is 7. The van der Waals surface area contributed by atoms with Crippen molar-refractivity contribution in [2.24, 2.45) is 0 Å². The van der Waals surface area contributed by atoms with Crippen LogP contribution in [0, 0.1) is 6.92 Å². The summed E-state index contributed by atoms with van der Waals surface area (Å²) in [7, 11) is 1.58. The molecule has 1 heterocycles. The Bertz CT molecular complexity index is 987. The number of nitrogens with one attached hydrogen (secondary N) is 1. The summed E-state index contributed by atoms with van der Waals surface area (Å²) in [5, 5.41) is 6.27. The van der Waals surface area contributed by atoms with Crippen molar-refractivity contribution in [3.05, 3.63) is 75.2 Å². The fourth-order valence-corrected chi connectivity index (χ4v) is 3.29. The predicted molar refractivity (Wildman–Crippen MR) is 115 cm³/mol. The number of carbonyl (C=O) groups is 2. The third-order valence-electron chi connectivity index (χ3n) is 4.01. The standard InChI is InChI=1S/C21H20ClN3O3S/c1-14-23-18(13-29-14)12-28-19-9-3-15(4-10-19)21(27)25(2)11-20(26)24-17-7-5-16(22)6-8-17/h3-10,13H,11-12H2,1-2H3,(H,24,26). The van der Waals surface area contributed by atoms with Crippen LogP contribution in [0.5, 0.6) is 5.75 Å². The summed E-state index contributed by atoms with van der Waals surface area (Å²) in [6, 6.07) is 13.6. The zero-order valence-corrected chi connectivity index (χ0v) is 17.6. The maximum atomic E-state index is 12.5. The van der Waals surface area contributed by atoms with Crippen molar-refractivity contribution in [3.8, 4) is 5.75 Å². The fraction of sp³-hybridized carbons (Fsp3) is 0.190. The molecule has 0 bridgehead atoms. The summed E-state index contributed by atoms with van der Waals surface area (Å²) in [5.41, 5.74) is 1.97. The van der Waals surface area contributed by atoms with Gasteiger partial charge in [-0.2, -0.15) is 0 Å². The average Bonchev–Trinajstić information content (AvgIpc) is 3.13. The van der Waals surface area contributed by atoms with Gasteiger partial charge < -0.3 is 15.0 Å². The molecule has 0 radical (unpaired) electrons. The predicted octanol–water partition coefficient (Wildman–Crippen LogP) is 4.39. The van der Waals surface area contributed by atoms with E-state index in [-0.39, 0.29) is 18.4 Å². The molecule has 29 heavy (non-hydrogen) atoms. The summed E-state index contributed by atoms with van der Waals surface area (Å²) < 4.78 is 5.69. The van der Waals surface area contributed by atoms with Crippen LogP contribution in [0.2, 0.25) is 5.02 Å². The number of carbonyl (C=O) groups excluding carboxylic acids is 2. The normalized spacial score (nSPS) is 10.4. The van der Waals surface area contributed by atoms with Crippen LogP contribution in [0.3, 0.4) is 0 Å². The van der Waals surface area contributed by atoms with Crippen LogP contribution in [0.1, 0.15) is 21.1 Å². The molecule has 2 amide bonds. The van der Waals surface area contributed by atoms with E-state index in [1.165, 1.54) is 4.90 Å². The Morgan fingerprint density at radius 2 is 1.83 bits per heavy atom. The lowest BCUT2D eigenvalue weighted by molar-refractivity contribution is -0.116. The van der Waals surface area contributed by atoms with Crippen molar-refractivity contribution < 1.29 is 14.3 Å². The zero-order chi connectivity index (χ0) is 20.8. The lowest BCUT2D eigenvalue weighted by atomic mass is 10.2. The van der Waals surface area contributed by atoms with E-state index >= 15 is 0 Å². The summed E-state index contributed by atoms with van der Waals surface area (Å²) in [4.78, 5) is 30.4. The van der Waals surface area contributed by atoms with Crippen LogP contribution >= 0.6 is 22.9 Å². The summed E-state index contributed by atoms with van der Waals surface area (Å²) in [5.74, 6) is 0.106. The van der Waals surface area contributed by atoms with Gasteiger partial charge in [0.05, 0.1) is 17.2 Å². The number of anilines is 1. The van der Waals surface area contributed by atoms with Crippen molar-refractivity contribution in [1.29, 1.82) is 0 Å². The van der Waals surface area contributed by atoms with Crippen molar-refractivity contribution in [1.82, 2.24) is 9.88 Å². The number of likely N-dealkylation sites (N-methyl/N-ethyl adjacent to an activating group) is 1. The Morgan fingerprint density at radius 3 is 2.45 bits per heavy atom. The SMILES string of the molecule is Cc1nc(COc2ccc(C(=O)N(C)CC(=O)Nc3ccc(Cl)cc3)cc2)cs1. The number of hydrogen-bond donors (Lipinski definition) is 1. The van der Waals surface area contributed by atoms with E-state index in [4.69, 9.17) is 16.3 Å². The molecule has 2 aromatic carbocycles. The minimum atomic E-state index is -0.290. The van der Waals surface area contributed by atoms with Crippen LogP contribution in [0.4, 0.5) is 5.69 Å². The quantitative estimate of drug-likeness (QED) is 0.604. The van der Waals surface area contributed by atoms with Crippen molar-refractivity contribution >= 4 is 40.4 Å². The fourth-order valence-electron chi connectivity index (χ4n) is 2.57. The molecule has 0 aliphatic rings. The van der Waals surface area contributed by atoms with E-state index in [1.54, 1.807) is 66.9 Å². The molecular formula is C21H20ClN3O3S. The molecule has 6 nitrogen and oxygen atoms in total. The molecule has 0 atom stereocenters. The lowest BCUT2D eigenvalue weighted by Gasteiger charge is -2.17. The van der Waals surface area contributed by atoms with Crippen LogP contribution in [-0.4, -0.2) is 35.3 Å². The molecule has 150 valence electrons. The van der Waals surface area contributed by atoms with Crippen LogP contribution in [0.15, 0.2) is 53.9 Å². The van der Waals surface area contributed by atoms with Crippen LogP contribution < -0.4 is 10.1 Å². The second-order valence-corrected chi connectivity index (χ2v) is 7.89. The van der Waals surface area contributed by atoms with Gasteiger partial charge in [0.15, 0.2) is 0 Å². The van der Waals surface area contributed by atoms with E-state index < -0.39 is 0 Å². The number of aryl methyl sites for hydroxylation is 1. The molecule has 8 heteroatoms. The van der Waals surface area contributed by atoms with E-state index in [0.717, 1.165) is 10.7 Å². The lowest BCUT2D eigenvalue weighted by Crippen LogP contribution is -2.34. The molecule has 0 fully saturated rings. The van der Waals surface area contributed by atoms with Gasteiger partial charge >= 0.3 is 0 Å². The molecule has 0 spiro atoms. The molecule has 0 aliphatic carbocycles. The highest BCUT2D eigenvalue weighted by molar-refractivity contribution is 7.09. The van der Waals surface area contributed by atoms with Crippen LogP contribution in [0.25, 0.3) is 0 Å². The number of benzene rings is 2. The number of nitrogens with zero attached hydrogens (tertiary/aromatic N) is 2. The molecule has 3 rings (SSSR count). The number of hydrogen-bond acceptors (Lipinski definition) is 5. The monoisotopic (exact) mass is 429 g/mol. The van der Waals surface area contributed by atoms with Gasteiger partial charge in [-0.3, -0.25) is 9.59 Å². The van der Waals surface area contributed by atoms with Gasteiger partial charge in [0, 0.05) is 28.7 Å². The molecule has 0 unspecified atom stereocenters. The van der Waals surface area contributed by atoms with E-state index in [9.17, 15) is 9.59 Å². The number of aromatic nitrogens is 1. The van der Waals surface area contributed by atoms with Gasteiger partial charge in [0.2, 0.25) is 5.91 Å². The zero-order valence-electron chi connectivity index (χ0n) is 16.0. The summed E-state index contributed by atoms with van der Waals surface area (Å²) in [6.07, 6.45) is 0. The van der Waals surface area contributed by atoms with E-state index in [2.05, 4.69) is 10.3 Å². The number of halogens is 1.